The minimum absolute atomic E-state index is 0.0483. The molecule has 30 heavy (non-hydrogen) atoms. The van der Waals surface area contributed by atoms with Crippen LogP contribution in [0, 0.1) is 11.7 Å². The van der Waals surface area contributed by atoms with E-state index in [4.69, 9.17) is 21.1 Å². The van der Waals surface area contributed by atoms with Crippen LogP contribution < -0.4 is 5.32 Å². The number of carbonyl (C=O) groups is 2. The van der Waals surface area contributed by atoms with Gasteiger partial charge in [0.2, 0.25) is 11.8 Å². The average Bonchev–Trinajstić information content (AvgIpc) is 2.68. The summed E-state index contributed by atoms with van der Waals surface area (Å²) < 4.78 is 38.7. The lowest BCUT2D eigenvalue weighted by Crippen LogP contribution is -2.70. The van der Waals surface area contributed by atoms with Crippen LogP contribution in [-0.2, 0) is 25.6 Å². The van der Waals surface area contributed by atoms with E-state index in [0.717, 1.165) is 0 Å². The Hall–Kier alpha value is -1.81. The van der Waals surface area contributed by atoms with Crippen molar-refractivity contribution in [3.05, 3.63) is 34.6 Å². The van der Waals surface area contributed by atoms with Gasteiger partial charge < -0.3 is 19.3 Å². The van der Waals surface area contributed by atoms with Crippen molar-refractivity contribution in [3.63, 3.8) is 0 Å². The van der Waals surface area contributed by atoms with Crippen LogP contribution in [0.4, 0.5) is 8.78 Å². The Balaban J connectivity index is 1.56. The molecule has 0 aliphatic carbocycles. The molecule has 1 aromatic rings. The highest BCUT2D eigenvalue weighted by atomic mass is 35.5. The number of nitrogens with zero attached hydrogens (tertiary/aromatic N) is 2. The molecule has 0 spiro atoms. The van der Waals surface area contributed by atoms with Gasteiger partial charge in [0.25, 0.3) is 0 Å². The van der Waals surface area contributed by atoms with E-state index in [1.807, 2.05) is 0 Å². The molecule has 3 unspecified atom stereocenters. The van der Waals surface area contributed by atoms with Crippen molar-refractivity contribution in [3.8, 4) is 0 Å². The summed E-state index contributed by atoms with van der Waals surface area (Å²) in [5, 5.41) is 2.96. The highest BCUT2D eigenvalue weighted by molar-refractivity contribution is 6.30. The van der Waals surface area contributed by atoms with Gasteiger partial charge in [-0.15, -0.1) is 0 Å². The number of piperidine rings is 1. The van der Waals surface area contributed by atoms with Crippen LogP contribution in [0.5, 0.6) is 0 Å². The molecule has 0 radical (unpaired) electrons. The SMILES string of the molecule is COC1CNC(N2CC(=O)N(Cc3ccc(F)c(Cl)c3)[C@@H](C3COC3)C2=O)C(F)C1. The first kappa shape index (κ1) is 21.4. The van der Waals surface area contributed by atoms with E-state index in [1.54, 1.807) is 0 Å². The van der Waals surface area contributed by atoms with E-state index in [9.17, 15) is 18.4 Å². The van der Waals surface area contributed by atoms with Crippen molar-refractivity contribution in [2.24, 2.45) is 5.92 Å². The van der Waals surface area contributed by atoms with E-state index in [-0.39, 0.29) is 48.4 Å². The molecule has 3 heterocycles. The standard InChI is InChI=1S/C20H24ClF2N3O4/c1-29-13-5-16(23)19(24-6-13)26-8-17(27)25(18(20(26)28)12-9-30-10-12)7-11-2-3-15(22)14(21)4-11/h2-4,12-13,16,18-19,24H,5-10H2,1H3/t13?,16?,18-,19?/m0/s1. The van der Waals surface area contributed by atoms with Gasteiger partial charge in [-0.25, -0.2) is 8.78 Å². The molecule has 3 fully saturated rings. The van der Waals surface area contributed by atoms with Gasteiger partial charge in [-0.2, -0.15) is 0 Å². The maximum atomic E-state index is 14.8. The van der Waals surface area contributed by atoms with Crippen molar-refractivity contribution in [1.29, 1.82) is 0 Å². The predicted molar refractivity (Wildman–Crippen MR) is 104 cm³/mol. The number of alkyl halides is 1. The molecule has 7 nitrogen and oxygen atoms in total. The molecule has 0 saturated carbocycles. The summed E-state index contributed by atoms with van der Waals surface area (Å²) in [6, 6.07) is 3.44. The second-order valence-corrected chi connectivity index (χ2v) is 8.35. The van der Waals surface area contributed by atoms with Gasteiger partial charge in [0.1, 0.15) is 30.7 Å². The zero-order valence-electron chi connectivity index (χ0n) is 16.5. The van der Waals surface area contributed by atoms with E-state index in [0.29, 0.717) is 25.3 Å². The summed E-state index contributed by atoms with van der Waals surface area (Å²) in [4.78, 5) is 29.2. The fraction of sp³-hybridized carbons (Fsp3) is 0.600. The Kier molecular flexibility index (Phi) is 6.24. The fourth-order valence-corrected chi connectivity index (χ4v) is 4.45. The van der Waals surface area contributed by atoms with Crippen molar-refractivity contribution in [2.75, 3.05) is 33.4 Å². The van der Waals surface area contributed by atoms with Crippen LogP contribution in [0.25, 0.3) is 0 Å². The number of benzene rings is 1. The first-order valence-corrected chi connectivity index (χ1v) is 10.3. The van der Waals surface area contributed by atoms with Gasteiger partial charge in [0, 0.05) is 32.5 Å². The lowest BCUT2D eigenvalue weighted by atomic mass is 9.91. The molecule has 3 aliphatic rings. The molecule has 3 saturated heterocycles. The normalized spacial score (nSPS) is 30.5. The van der Waals surface area contributed by atoms with Crippen LogP contribution in [0.15, 0.2) is 18.2 Å². The second kappa shape index (κ2) is 8.74. The predicted octanol–water partition coefficient (Wildman–Crippen LogP) is 1.34. The lowest BCUT2D eigenvalue weighted by Gasteiger charge is -2.49. The van der Waals surface area contributed by atoms with E-state index in [2.05, 4.69) is 5.32 Å². The Morgan fingerprint density at radius 3 is 2.70 bits per heavy atom. The number of hydrogen-bond acceptors (Lipinski definition) is 5. The molecule has 164 valence electrons. The molecule has 1 N–H and O–H groups in total. The molecular weight excluding hydrogens is 420 g/mol. The Bertz CT molecular complexity index is 825. The molecule has 1 aromatic carbocycles. The number of methoxy groups -OCH3 is 1. The van der Waals surface area contributed by atoms with Crippen molar-refractivity contribution < 1.29 is 27.8 Å². The Labute approximate surface area is 178 Å². The monoisotopic (exact) mass is 443 g/mol. The third kappa shape index (κ3) is 4.03. The number of nitrogens with one attached hydrogen (secondary N) is 1. The van der Waals surface area contributed by atoms with Gasteiger partial charge in [-0.1, -0.05) is 17.7 Å². The third-order valence-corrected chi connectivity index (χ3v) is 6.29. The van der Waals surface area contributed by atoms with E-state index >= 15 is 0 Å². The van der Waals surface area contributed by atoms with Crippen molar-refractivity contribution >= 4 is 23.4 Å². The first-order valence-electron chi connectivity index (χ1n) is 9.91. The highest BCUT2D eigenvalue weighted by Crippen LogP contribution is 2.30. The van der Waals surface area contributed by atoms with Crippen LogP contribution in [0.3, 0.4) is 0 Å². The summed E-state index contributed by atoms with van der Waals surface area (Å²) in [5.74, 6) is -1.33. The van der Waals surface area contributed by atoms with Crippen LogP contribution >= 0.6 is 11.6 Å². The van der Waals surface area contributed by atoms with Gasteiger partial charge in [-0.3, -0.25) is 14.9 Å². The Morgan fingerprint density at radius 1 is 1.33 bits per heavy atom. The lowest BCUT2D eigenvalue weighted by molar-refractivity contribution is -0.174. The quantitative estimate of drug-likeness (QED) is 0.743. The second-order valence-electron chi connectivity index (χ2n) is 7.94. The highest BCUT2D eigenvalue weighted by Gasteiger charge is 2.49. The van der Waals surface area contributed by atoms with Gasteiger partial charge in [-0.05, 0) is 17.7 Å². The topological polar surface area (TPSA) is 71.1 Å². The number of rotatable bonds is 5. The number of piperazine rings is 1. The van der Waals surface area contributed by atoms with Crippen molar-refractivity contribution in [2.45, 2.75) is 37.4 Å². The minimum atomic E-state index is -1.35. The zero-order valence-corrected chi connectivity index (χ0v) is 17.3. The summed E-state index contributed by atoms with van der Waals surface area (Å²) in [5.41, 5.74) is 0.614. The summed E-state index contributed by atoms with van der Waals surface area (Å²) in [7, 11) is 1.52. The van der Waals surface area contributed by atoms with E-state index in [1.165, 1.54) is 35.1 Å². The summed E-state index contributed by atoms with van der Waals surface area (Å²) in [6.45, 7) is 0.979. The molecule has 3 aliphatic heterocycles. The molecular formula is C20H24ClF2N3O4. The number of hydrogen-bond donors (Lipinski definition) is 1. The number of amides is 2. The molecule has 0 aromatic heterocycles. The molecule has 0 bridgehead atoms. The largest absolute Gasteiger partial charge is 0.380 e. The molecule has 2 amide bonds. The maximum absolute atomic E-state index is 14.8. The number of halogens is 3. The van der Waals surface area contributed by atoms with Crippen LogP contribution in [0.2, 0.25) is 5.02 Å². The number of carbonyl (C=O) groups excluding carboxylic acids is 2. The van der Waals surface area contributed by atoms with Crippen molar-refractivity contribution in [1.82, 2.24) is 15.1 Å². The van der Waals surface area contributed by atoms with Crippen LogP contribution in [-0.4, -0.2) is 79.5 Å². The van der Waals surface area contributed by atoms with Gasteiger partial charge >= 0.3 is 0 Å². The summed E-state index contributed by atoms with van der Waals surface area (Å²) in [6.07, 6.45) is -2.34. The fourth-order valence-electron chi connectivity index (χ4n) is 4.25. The van der Waals surface area contributed by atoms with E-state index < -0.39 is 24.2 Å². The minimum Gasteiger partial charge on any atom is -0.380 e. The third-order valence-electron chi connectivity index (χ3n) is 6.00. The van der Waals surface area contributed by atoms with Crippen LogP contribution in [0.1, 0.15) is 12.0 Å². The number of ether oxygens (including phenoxy) is 2. The first-order chi connectivity index (χ1) is 14.4. The average molecular weight is 444 g/mol. The van der Waals surface area contributed by atoms with Gasteiger partial charge in [0.15, 0.2) is 0 Å². The Morgan fingerprint density at radius 2 is 2.10 bits per heavy atom. The zero-order chi connectivity index (χ0) is 21.4. The maximum Gasteiger partial charge on any atom is 0.247 e. The molecule has 4 rings (SSSR count). The molecule has 10 heteroatoms. The summed E-state index contributed by atoms with van der Waals surface area (Å²) >= 11 is 5.86. The smallest absolute Gasteiger partial charge is 0.247 e. The van der Waals surface area contributed by atoms with Gasteiger partial charge in [0.05, 0.1) is 24.3 Å². The molecule has 4 atom stereocenters.